The van der Waals surface area contributed by atoms with Crippen LogP contribution in [-0.2, 0) is 6.54 Å². The van der Waals surface area contributed by atoms with E-state index in [1.165, 1.54) is 6.20 Å². The van der Waals surface area contributed by atoms with Crippen molar-refractivity contribution in [3.8, 4) is 0 Å². The number of aromatic nitrogens is 2. The maximum atomic E-state index is 11.4. The Morgan fingerprint density at radius 2 is 2.29 bits per heavy atom. The SMILES string of the molecule is CCn1c(=O)cnc2cc(Cl)ccc21. The molecule has 1 heterocycles. The number of hydrogen-bond donors (Lipinski definition) is 0. The van der Waals surface area contributed by atoms with Gasteiger partial charge in [-0.1, -0.05) is 11.6 Å². The molecule has 0 radical (unpaired) electrons. The van der Waals surface area contributed by atoms with Crippen LogP contribution in [0.2, 0.25) is 5.02 Å². The second-order valence-electron chi connectivity index (χ2n) is 2.97. The molecule has 0 aliphatic rings. The summed E-state index contributed by atoms with van der Waals surface area (Å²) in [6.07, 6.45) is 1.32. The number of hydrogen-bond acceptors (Lipinski definition) is 2. The first kappa shape index (κ1) is 9.21. The lowest BCUT2D eigenvalue weighted by Crippen LogP contribution is -2.19. The maximum Gasteiger partial charge on any atom is 0.269 e. The number of rotatable bonds is 1. The van der Waals surface area contributed by atoms with Crippen molar-refractivity contribution >= 4 is 22.6 Å². The zero-order valence-corrected chi connectivity index (χ0v) is 8.45. The molecule has 72 valence electrons. The first-order chi connectivity index (χ1) is 6.72. The molecule has 0 aliphatic heterocycles. The number of halogens is 1. The summed E-state index contributed by atoms with van der Waals surface area (Å²) < 4.78 is 1.67. The largest absolute Gasteiger partial charge is 0.306 e. The first-order valence-corrected chi connectivity index (χ1v) is 4.75. The van der Waals surface area contributed by atoms with Crippen molar-refractivity contribution in [1.29, 1.82) is 0 Å². The predicted molar refractivity (Wildman–Crippen MR) is 56.7 cm³/mol. The molecule has 2 aromatic rings. The van der Waals surface area contributed by atoms with Gasteiger partial charge in [0.1, 0.15) is 0 Å². The van der Waals surface area contributed by atoms with Crippen molar-refractivity contribution in [2.24, 2.45) is 0 Å². The van der Waals surface area contributed by atoms with E-state index in [9.17, 15) is 4.79 Å². The minimum absolute atomic E-state index is 0.0812. The molecule has 0 unspecified atom stereocenters. The molecule has 0 bridgehead atoms. The first-order valence-electron chi connectivity index (χ1n) is 4.37. The molecule has 0 saturated heterocycles. The van der Waals surface area contributed by atoms with Gasteiger partial charge in [-0.25, -0.2) is 4.98 Å². The lowest BCUT2D eigenvalue weighted by Gasteiger charge is -2.05. The van der Waals surface area contributed by atoms with E-state index in [0.717, 1.165) is 11.0 Å². The van der Waals surface area contributed by atoms with Gasteiger partial charge in [0.25, 0.3) is 5.56 Å². The van der Waals surface area contributed by atoms with Gasteiger partial charge in [0.05, 0.1) is 17.2 Å². The second-order valence-corrected chi connectivity index (χ2v) is 3.41. The number of benzene rings is 1. The molecule has 0 fully saturated rings. The van der Waals surface area contributed by atoms with E-state index in [-0.39, 0.29) is 5.56 Å². The van der Waals surface area contributed by atoms with Crippen LogP contribution in [0.3, 0.4) is 0 Å². The zero-order chi connectivity index (χ0) is 10.1. The molecule has 14 heavy (non-hydrogen) atoms. The highest BCUT2D eigenvalue weighted by molar-refractivity contribution is 6.31. The third-order valence-corrected chi connectivity index (χ3v) is 2.36. The Morgan fingerprint density at radius 1 is 1.50 bits per heavy atom. The molecule has 2 rings (SSSR count). The van der Waals surface area contributed by atoms with Crippen molar-refractivity contribution in [1.82, 2.24) is 9.55 Å². The third-order valence-electron chi connectivity index (χ3n) is 2.12. The average molecular weight is 209 g/mol. The maximum absolute atomic E-state index is 11.4. The van der Waals surface area contributed by atoms with Crippen LogP contribution in [0.4, 0.5) is 0 Å². The van der Waals surface area contributed by atoms with Gasteiger partial charge in [0.2, 0.25) is 0 Å². The highest BCUT2D eigenvalue weighted by atomic mass is 35.5. The lowest BCUT2D eigenvalue weighted by atomic mass is 10.3. The van der Waals surface area contributed by atoms with Gasteiger partial charge in [-0.15, -0.1) is 0 Å². The summed E-state index contributed by atoms with van der Waals surface area (Å²) in [4.78, 5) is 15.4. The molecule has 0 spiro atoms. The Morgan fingerprint density at radius 3 is 3.00 bits per heavy atom. The van der Waals surface area contributed by atoms with Crippen molar-refractivity contribution in [3.05, 3.63) is 39.8 Å². The van der Waals surface area contributed by atoms with Gasteiger partial charge >= 0.3 is 0 Å². The topological polar surface area (TPSA) is 34.9 Å². The number of fused-ring (bicyclic) bond motifs is 1. The molecule has 3 nitrogen and oxygen atoms in total. The zero-order valence-electron chi connectivity index (χ0n) is 7.70. The van der Waals surface area contributed by atoms with Crippen molar-refractivity contribution in [2.45, 2.75) is 13.5 Å². The Bertz CT molecular complexity index is 533. The van der Waals surface area contributed by atoms with E-state index in [1.54, 1.807) is 16.7 Å². The summed E-state index contributed by atoms with van der Waals surface area (Å²) in [6, 6.07) is 5.33. The van der Waals surface area contributed by atoms with E-state index in [0.29, 0.717) is 11.6 Å². The number of aryl methyl sites for hydroxylation is 1. The van der Waals surface area contributed by atoms with E-state index in [2.05, 4.69) is 4.98 Å². The minimum atomic E-state index is -0.0812. The van der Waals surface area contributed by atoms with Crippen LogP contribution < -0.4 is 5.56 Å². The van der Waals surface area contributed by atoms with E-state index in [1.807, 2.05) is 13.0 Å². The van der Waals surface area contributed by atoms with Crippen molar-refractivity contribution in [3.63, 3.8) is 0 Å². The fourth-order valence-corrected chi connectivity index (χ4v) is 1.63. The summed E-state index contributed by atoms with van der Waals surface area (Å²) in [7, 11) is 0. The Kier molecular flexibility index (Phi) is 2.25. The van der Waals surface area contributed by atoms with E-state index >= 15 is 0 Å². The normalized spacial score (nSPS) is 10.7. The average Bonchev–Trinajstić information content (AvgIpc) is 2.18. The van der Waals surface area contributed by atoms with Crippen LogP contribution in [0.15, 0.2) is 29.2 Å². The Balaban J connectivity index is 2.89. The molecule has 0 N–H and O–H groups in total. The summed E-state index contributed by atoms with van der Waals surface area (Å²) >= 11 is 5.83. The molecule has 1 aromatic heterocycles. The molecule has 4 heteroatoms. The monoisotopic (exact) mass is 208 g/mol. The molecule has 1 aromatic carbocycles. The third kappa shape index (κ3) is 1.40. The molecular weight excluding hydrogens is 200 g/mol. The van der Waals surface area contributed by atoms with Gasteiger partial charge < -0.3 is 4.57 Å². The molecule has 0 aliphatic carbocycles. The summed E-state index contributed by atoms with van der Waals surface area (Å²) in [5.74, 6) is 0. The van der Waals surface area contributed by atoms with Gasteiger partial charge in [-0.05, 0) is 25.1 Å². The van der Waals surface area contributed by atoms with E-state index < -0.39 is 0 Å². The van der Waals surface area contributed by atoms with Crippen LogP contribution in [0.25, 0.3) is 11.0 Å². The summed E-state index contributed by atoms with van der Waals surface area (Å²) in [5, 5.41) is 0.631. The molecule has 0 saturated carbocycles. The van der Waals surface area contributed by atoms with Crippen LogP contribution in [0.1, 0.15) is 6.92 Å². The second kappa shape index (κ2) is 3.42. The molecule has 0 atom stereocenters. The fourth-order valence-electron chi connectivity index (χ4n) is 1.47. The van der Waals surface area contributed by atoms with Gasteiger partial charge in [0.15, 0.2) is 0 Å². The lowest BCUT2D eigenvalue weighted by molar-refractivity contribution is 0.753. The van der Waals surface area contributed by atoms with Gasteiger partial charge in [0, 0.05) is 11.6 Å². The quantitative estimate of drug-likeness (QED) is 0.719. The van der Waals surface area contributed by atoms with Crippen LogP contribution in [0, 0.1) is 0 Å². The molecule has 0 amide bonds. The molecular formula is C10H9ClN2O. The van der Waals surface area contributed by atoms with Gasteiger partial charge in [-0.2, -0.15) is 0 Å². The highest BCUT2D eigenvalue weighted by Gasteiger charge is 2.02. The Hall–Kier alpha value is -1.35. The van der Waals surface area contributed by atoms with Crippen molar-refractivity contribution < 1.29 is 0 Å². The van der Waals surface area contributed by atoms with Crippen LogP contribution in [0.5, 0.6) is 0 Å². The van der Waals surface area contributed by atoms with Crippen LogP contribution >= 0.6 is 11.6 Å². The van der Waals surface area contributed by atoms with Crippen molar-refractivity contribution in [2.75, 3.05) is 0 Å². The standard InChI is InChI=1S/C10H9ClN2O/c1-2-13-9-4-3-7(11)5-8(9)12-6-10(13)14/h3-6H,2H2,1H3. The fraction of sp³-hybridized carbons (Fsp3) is 0.200. The van der Waals surface area contributed by atoms with Gasteiger partial charge in [-0.3, -0.25) is 4.79 Å². The smallest absolute Gasteiger partial charge is 0.269 e. The van der Waals surface area contributed by atoms with Crippen LogP contribution in [-0.4, -0.2) is 9.55 Å². The highest BCUT2D eigenvalue weighted by Crippen LogP contribution is 2.15. The predicted octanol–water partition coefficient (Wildman–Crippen LogP) is 2.07. The number of nitrogens with zero attached hydrogens (tertiary/aromatic N) is 2. The summed E-state index contributed by atoms with van der Waals surface area (Å²) in [5.41, 5.74) is 1.49. The Labute approximate surface area is 86.0 Å². The van der Waals surface area contributed by atoms with E-state index in [4.69, 9.17) is 11.6 Å². The summed E-state index contributed by atoms with van der Waals surface area (Å²) in [6.45, 7) is 2.56. The minimum Gasteiger partial charge on any atom is -0.306 e.